The van der Waals surface area contributed by atoms with Gasteiger partial charge in [-0.3, -0.25) is 4.98 Å². The van der Waals surface area contributed by atoms with Crippen LogP contribution in [0.25, 0.3) is 0 Å². The van der Waals surface area contributed by atoms with Crippen LogP contribution in [0, 0.1) is 12.3 Å². The number of aromatic nitrogens is 1. The number of rotatable bonds is 5. The summed E-state index contributed by atoms with van der Waals surface area (Å²) >= 11 is 0. The van der Waals surface area contributed by atoms with Crippen molar-refractivity contribution < 1.29 is 0 Å². The van der Waals surface area contributed by atoms with E-state index in [-0.39, 0.29) is 0 Å². The summed E-state index contributed by atoms with van der Waals surface area (Å²) in [5.41, 5.74) is 1.12. The molecule has 0 amide bonds. The molecule has 1 aromatic heterocycles. The van der Waals surface area contributed by atoms with Crippen molar-refractivity contribution in [2.24, 2.45) is 0 Å². The molecule has 1 heterocycles. The van der Waals surface area contributed by atoms with Crippen molar-refractivity contribution in [3.63, 3.8) is 0 Å². The molecule has 0 aliphatic carbocycles. The van der Waals surface area contributed by atoms with Crippen molar-refractivity contribution in [1.29, 1.82) is 0 Å². The molecule has 0 aliphatic heterocycles. The van der Waals surface area contributed by atoms with E-state index in [2.05, 4.69) is 23.1 Å². The highest BCUT2D eigenvalue weighted by atomic mass is 14.9. The van der Waals surface area contributed by atoms with Gasteiger partial charge in [0.2, 0.25) is 0 Å². The molecule has 2 heteroatoms. The first-order valence-electron chi connectivity index (χ1n) is 4.89. The Morgan fingerprint density at radius 2 is 2.43 bits per heavy atom. The largest absolute Gasteiger partial charge is 0.313 e. The van der Waals surface area contributed by atoms with Crippen molar-refractivity contribution >= 4 is 0 Å². The van der Waals surface area contributed by atoms with Crippen LogP contribution in [0.15, 0.2) is 24.4 Å². The van der Waals surface area contributed by atoms with Crippen LogP contribution in [0.2, 0.25) is 0 Å². The zero-order valence-corrected chi connectivity index (χ0v) is 8.53. The van der Waals surface area contributed by atoms with Crippen LogP contribution in [0.3, 0.4) is 0 Å². The minimum atomic E-state index is 0.392. The van der Waals surface area contributed by atoms with Crippen LogP contribution in [0.4, 0.5) is 0 Å². The zero-order valence-electron chi connectivity index (χ0n) is 8.53. The topological polar surface area (TPSA) is 24.9 Å². The number of nitrogens with zero attached hydrogens (tertiary/aromatic N) is 1. The molecule has 0 aromatic carbocycles. The Labute approximate surface area is 85.8 Å². The lowest BCUT2D eigenvalue weighted by Gasteiger charge is -2.09. The predicted octanol–water partition coefficient (Wildman–Crippen LogP) is 1.63. The van der Waals surface area contributed by atoms with Crippen LogP contribution in [0.5, 0.6) is 0 Å². The highest BCUT2D eigenvalue weighted by molar-refractivity contribution is 5.03. The molecule has 0 saturated carbocycles. The SMILES string of the molecule is C#CCC(C)NCCc1ccccn1. The fourth-order valence-corrected chi connectivity index (χ4v) is 1.24. The Hall–Kier alpha value is -1.33. The van der Waals surface area contributed by atoms with Crippen LogP contribution in [0.1, 0.15) is 19.0 Å². The smallest absolute Gasteiger partial charge is 0.0416 e. The summed E-state index contributed by atoms with van der Waals surface area (Å²) in [7, 11) is 0. The highest BCUT2D eigenvalue weighted by Gasteiger charge is 1.98. The van der Waals surface area contributed by atoms with Crippen LogP contribution in [-0.4, -0.2) is 17.6 Å². The molecule has 0 bridgehead atoms. The first kappa shape index (κ1) is 10.7. The van der Waals surface area contributed by atoms with Crippen molar-refractivity contribution in [2.45, 2.75) is 25.8 Å². The summed E-state index contributed by atoms with van der Waals surface area (Å²) in [6, 6.07) is 6.36. The quantitative estimate of drug-likeness (QED) is 0.710. The Balaban J connectivity index is 2.19. The van der Waals surface area contributed by atoms with Crippen molar-refractivity contribution in [1.82, 2.24) is 10.3 Å². The van der Waals surface area contributed by atoms with Gasteiger partial charge in [-0.05, 0) is 19.1 Å². The highest BCUT2D eigenvalue weighted by Crippen LogP contribution is 1.94. The van der Waals surface area contributed by atoms with Crippen molar-refractivity contribution in [3.8, 4) is 12.3 Å². The van der Waals surface area contributed by atoms with E-state index in [1.165, 1.54) is 0 Å². The van der Waals surface area contributed by atoms with Gasteiger partial charge in [-0.2, -0.15) is 0 Å². The van der Waals surface area contributed by atoms with Gasteiger partial charge in [0.25, 0.3) is 0 Å². The fourth-order valence-electron chi connectivity index (χ4n) is 1.24. The third-order valence-corrected chi connectivity index (χ3v) is 2.02. The first-order chi connectivity index (χ1) is 6.83. The molecule has 1 aromatic rings. The third-order valence-electron chi connectivity index (χ3n) is 2.02. The van der Waals surface area contributed by atoms with Gasteiger partial charge in [0.1, 0.15) is 0 Å². The van der Waals surface area contributed by atoms with Crippen molar-refractivity contribution in [3.05, 3.63) is 30.1 Å². The summed E-state index contributed by atoms with van der Waals surface area (Å²) < 4.78 is 0. The third kappa shape index (κ3) is 4.06. The monoisotopic (exact) mass is 188 g/mol. The Morgan fingerprint density at radius 1 is 1.57 bits per heavy atom. The maximum Gasteiger partial charge on any atom is 0.0416 e. The van der Waals surface area contributed by atoms with E-state index in [0.717, 1.165) is 25.1 Å². The van der Waals surface area contributed by atoms with E-state index in [1.807, 2.05) is 24.4 Å². The van der Waals surface area contributed by atoms with Crippen LogP contribution in [-0.2, 0) is 6.42 Å². The summed E-state index contributed by atoms with van der Waals surface area (Å²) in [5, 5.41) is 3.35. The maximum atomic E-state index is 5.21. The lowest BCUT2D eigenvalue weighted by atomic mass is 10.2. The van der Waals surface area contributed by atoms with Crippen molar-refractivity contribution in [2.75, 3.05) is 6.54 Å². The number of terminal acetylenes is 1. The molecule has 14 heavy (non-hydrogen) atoms. The molecular weight excluding hydrogens is 172 g/mol. The molecule has 0 radical (unpaired) electrons. The molecule has 0 fully saturated rings. The second-order valence-electron chi connectivity index (χ2n) is 3.33. The molecule has 0 saturated heterocycles. The van der Waals surface area contributed by atoms with E-state index in [4.69, 9.17) is 6.42 Å². The summed E-state index contributed by atoms with van der Waals surface area (Å²) in [6.45, 7) is 3.03. The Bertz CT molecular complexity index is 287. The standard InChI is InChI=1S/C12H16N2/c1-3-6-11(2)13-10-8-12-7-4-5-9-14-12/h1,4-5,7,9,11,13H,6,8,10H2,2H3. The second-order valence-corrected chi connectivity index (χ2v) is 3.33. The van der Waals surface area contributed by atoms with Gasteiger partial charge >= 0.3 is 0 Å². The number of hydrogen-bond donors (Lipinski definition) is 1. The lowest BCUT2D eigenvalue weighted by Crippen LogP contribution is -2.27. The second kappa shape index (κ2) is 6.17. The van der Waals surface area contributed by atoms with E-state index in [0.29, 0.717) is 6.04 Å². The van der Waals surface area contributed by atoms with E-state index >= 15 is 0 Å². The molecule has 0 aliphatic rings. The van der Waals surface area contributed by atoms with E-state index in [1.54, 1.807) is 0 Å². The average Bonchev–Trinajstić information content (AvgIpc) is 2.20. The molecule has 0 spiro atoms. The van der Waals surface area contributed by atoms with Gasteiger partial charge in [0, 0.05) is 37.3 Å². The molecule has 1 atom stereocenters. The number of pyridine rings is 1. The number of nitrogens with one attached hydrogen (secondary N) is 1. The lowest BCUT2D eigenvalue weighted by molar-refractivity contribution is 0.559. The molecular formula is C12H16N2. The Morgan fingerprint density at radius 3 is 3.07 bits per heavy atom. The maximum absolute atomic E-state index is 5.21. The first-order valence-corrected chi connectivity index (χ1v) is 4.89. The van der Waals surface area contributed by atoms with Gasteiger partial charge in [0.05, 0.1) is 0 Å². The predicted molar refractivity (Wildman–Crippen MR) is 58.9 cm³/mol. The minimum Gasteiger partial charge on any atom is -0.313 e. The van der Waals surface area contributed by atoms with Gasteiger partial charge in [-0.1, -0.05) is 6.07 Å². The van der Waals surface area contributed by atoms with Crippen LogP contribution < -0.4 is 5.32 Å². The van der Waals surface area contributed by atoms with Gasteiger partial charge in [-0.25, -0.2) is 0 Å². The van der Waals surface area contributed by atoms with Gasteiger partial charge in [0.15, 0.2) is 0 Å². The summed E-state index contributed by atoms with van der Waals surface area (Å²) in [6.07, 6.45) is 8.76. The fraction of sp³-hybridized carbons (Fsp3) is 0.417. The molecule has 1 N–H and O–H groups in total. The zero-order chi connectivity index (χ0) is 10.2. The van der Waals surface area contributed by atoms with Gasteiger partial charge < -0.3 is 5.32 Å². The normalized spacial score (nSPS) is 12.0. The van der Waals surface area contributed by atoms with E-state index in [9.17, 15) is 0 Å². The summed E-state index contributed by atoms with van der Waals surface area (Å²) in [4.78, 5) is 4.24. The molecule has 1 rings (SSSR count). The van der Waals surface area contributed by atoms with Gasteiger partial charge in [-0.15, -0.1) is 12.3 Å². The number of hydrogen-bond acceptors (Lipinski definition) is 2. The molecule has 2 nitrogen and oxygen atoms in total. The minimum absolute atomic E-state index is 0.392. The average molecular weight is 188 g/mol. The summed E-state index contributed by atoms with van der Waals surface area (Å²) in [5.74, 6) is 2.64. The molecule has 74 valence electrons. The van der Waals surface area contributed by atoms with E-state index < -0.39 is 0 Å². The van der Waals surface area contributed by atoms with Crippen LogP contribution >= 0.6 is 0 Å². The molecule has 1 unspecified atom stereocenters. The Kier molecular flexibility index (Phi) is 4.74.